The molecule has 0 aromatic carbocycles. The smallest absolute Gasteiger partial charge is 0.331 e. The van der Waals surface area contributed by atoms with Gasteiger partial charge < -0.3 is 14.6 Å². The molecular weight excluding hydrogens is 248 g/mol. The molecule has 0 spiro atoms. The summed E-state index contributed by atoms with van der Waals surface area (Å²) in [5.74, 6) is -1.12. The van der Waals surface area contributed by atoms with E-state index in [2.05, 4.69) is 0 Å². The molecule has 1 fully saturated rings. The van der Waals surface area contributed by atoms with Gasteiger partial charge >= 0.3 is 11.9 Å². The van der Waals surface area contributed by atoms with E-state index in [9.17, 15) is 14.7 Å². The minimum Gasteiger partial charge on any atom is -0.459 e. The first-order chi connectivity index (χ1) is 8.76. The second-order valence-electron chi connectivity index (χ2n) is 5.73. The molecule has 108 valence electrons. The van der Waals surface area contributed by atoms with Crippen LogP contribution in [0.5, 0.6) is 0 Å². The number of aliphatic hydroxyl groups excluding tert-OH is 1. The Bertz CT molecular complexity index is 345. The highest BCUT2D eigenvalue weighted by Gasteiger charge is 2.22. The van der Waals surface area contributed by atoms with Crippen LogP contribution in [0.2, 0.25) is 0 Å². The van der Waals surface area contributed by atoms with Crippen LogP contribution in [0, 0.1) is 0 Å². The van der Waals surface area contributed by atoms with Crippen molar-refractivity contribution in [2.75, 3.05) is 0 Å². The summed E-state index contributed by atoms with van der Waals surface area (Å²) in [5, 5.41) is 9.33. The van der Waals surface area contributed by atoms with Crippen LogP contribution >= 0.6 is 0 Å². The molecule has 0 atom stereocenters. The largest absolute Gasteiger partial charge is 0.459 e. The van der Waals surface area contributed by atoms with Gasteiger partial charge in [0.1, 0.15) is 11.7 Å². The molecule has 0 bridgehead atoms. The molecule has 0 unspecified atom stereocenters. The van der Waals surface area contributed by atoms with Crippen LogP contribution in [0.4, 0.5) is 0 Å². The monoisotopic (exact) mass is 270 g/mol. The highest BCUT2D eigenvalue weighted by atomic mass is 16.6. The predicted molar refractivity (Wildman–Crippen MR) is 69.3 cm³/mol. The minimum absolute atomic E-state index is 0.167. The number of carbonyl (C=O) groups excluding carboxylic acids is 2. The van der Waals surface area contributed by atoms with Gasteiger partial charge in [0.05, 0.1) is 6.10 Å². The van der Waals surface area contributed by atoms with Crippen molar-refractivity contribution in [3.05, 3.63) is 12.2 Å². The summed E-state index contributed by atoms with van der Waals surface area (Å²) in [4.78, 5) is 22.8. The fourth-order valence-corrected chi connectivity index (χ4v) is 1.84. The molecule has 0 aliphatic heterocycles. The molecule has 0 aromatic heterocycles. The molecule has 5 nitrogen and oxygen atoms in total. The summed E-state index contributed by atoms with van der Waals surface area (Å²) >= 11 is 0. The Morgan fingerprint density at radius 3 is 2.11 bits per heavy atom. The maximum atomic E-state index is 11.5. The molecule has 1 saturated carbocycles. The van der Waals surface area contributed by atoms with Crippen molar-refractivity contribution in [2.24, 2.45) is 0 Å². The summed E-state index contributed by atoms with van der Waals surface area (Å²) in [6.45, 7) is 5.26. The van der Waals surface area contributed by atoms with Crippen LogP contribution < -0.4 is 0 Å². The topological polar surface area (TPSA) is 72.8 Å². The summed E-state index contributed by atoms with van der Waals surface area (Å²) in [5.41, 5.74) is -0.579. The van der Waals surface area contributed by atoms with Crippen LogP contribution in [0.15, 0.2) is 12.2 Å². The van der Waals surface area contributed by atoms with Crippen molar-refractivity contribution in [2.45, 2.75) is 64.3 Å². The van der Waals surface area contributed by atoms with E-state index in [4.69, 9.17) is 9.47 Å². The molecule has 0 radical (unpaired) electrons. The first-order valence-electron chi connectivity index (χ1n) is 6.56. The van der Waals surface area contributed by atoms with Crippen molar-refractivity contribution in [3.63, 3.8) is 0 Å². The third-order valence-electron chi connectivity index (χ3n) is 2.69. The van der Waals surface area contributed by atoms with E-state index in [0.29, 0.717) is 25.7 Å². The molecule has 1 N–H and O–H groups in total. The van der Waals surface area contributed by atoms with Crippen LogP contribution in [-0.4, -0.2) is 34.9 Å². The van der Waals surface area contributed by atoms with E-state index >= 15 is 0 Å². The fraction of sp³-hybridized carbons (Fsp3) is 0.714. The minimum atomic E-state index is -0.579. The maximum absolute atomic E-state index is 11.5. The van der Waals surface area contributed by atoms with Gasteiger partial charge in [-0.05, 0) is 46.5 Å². The van der Waals surface area contributed by atoms with Gasteiger partial charge in [-0.25, -0.2) is 9.59 Å². The second-order valence-corrected chi connectivity index (χ2v) is 5.73. The Kier molecular flexibility index (Phi) is 5.54. The van der Waals surface area contributed by atoms with Crippen LogP contribution in [-0.2, 0) is 19.1 Å². The molecule has 0 amide bonds. The van der Waals surface area contributed by atoms with Gasteiger partial charge in [0.15, 0.2) is 0 Å². The Hall–Kier alpha value is -1.36. The molecule has 0 aromatic rings. The molecule has 0 heterocycles. The summed E-state index contributed by atoms with van der Waals surface area (Å²) in [6, 6.07) is 0. The first kappa shape index (κ1) is 15.7. The number of aliphatic hydroxyl groups is 1. The quantitative estimate of drug-likeness (QED) is 0.624. The van der Waals surface area contributed by atoms with E-state index < -0.39 is 17.5 Å². The Labute approximate surface area is 113 Å². The van der Waals surface area contributed by atoms with Crippen LogP contribution in [0.3, 0.4) is 0 Å². The molecule has 1 aliphatic rings. The lowest BCUT2D eigenvalue weighted by atomic mass is 9.95. The zero-order chi connectivity index (χ0) is 14.5. The number of esters is 2. The lowest BCUT2D eigenvalue weighted by molar-refractivity contribution is -0.150. The molecule has 1 rings (SSSR count). The second kappa shape index (κ2) is 6.70. The standard InChI is InChI=1S/C14H22O5/c1-14(2,3)19-13(17)9-8-12(16)18-11-6-4-10(15)5-7-11/h8-11,15H,4-7H2,1-3H3/b9-8+. The number of hydrogen-bond donors (Lipinski definition) is 1. The van der Waals surface area contributed by atoms with Crippen molar-refractivity contribution >= 4 is 11.9 Å². The van der Waals surface area contributed by atoms with E-state index in [0.717, 1.165) is 12.2 Å². The molecular formula is C14H22O5. The van der Waals surface area contributed by atoms with Gasteiger partial charge in [0.2, 0.25) is 0 Å². The van der Waals surface area contributed by atoms with Crippen molar-refractivity contribution in [1.29, 1.82) is 0 Å². The predicted octanol–water partition coefficient (Wildman–Crippen LogP) is 1.73. The average molecular weight is 270 g/mol. The highest BCUT2D eigenvalue weighted by Crippen LogP contribution is 2.21. The van der Waals surface area contributed by atoms with E-state index in [-0.39, 0.29) is 12.2 Å². The van der Waals surface area contributed by atoms with Crippen molar-refractivity contribution < 1.29 is 24.2 Å². The van der Waals surface area contributed by atoms with Crippen molar-refractivity contribution in [1.82, 2.24) is 0 Å². The van der Waals surface area contributed by atoms with Gasteiger partial charge in [0.25, 0.3) is 0 Å². The third kappa shape index (κ3) is 6.96. The lowest BCUT2D eigenvalue weighted by Gasteiger charge is -2.24. The number of hydrogen-bond acceptors (Lipinski definition) is 5. The zero-order valence-corrected chi connectivity index (χ0v) is 11.7. The van der Waals surface area contributed by atoms with Crippen LogP contribution in [0.1, 0.15) is 46.5 Å². The van der Waals surface area contributed by atoms with Gasteiger partial charge in [-0.15, -0.1) is 0 Å². The highest BCUT2D eigenvalue weighted by molar-refractivity contribution is 5.91. The number of rotatable bonds is 3. The van der Waals surface area contributed by atoms with Gasteiger partial charge in [0, 0.05) is 12.2 Å². The van der Waals surface area contributed by atoms with E-state index in [1.54, 1.807) is 20.8 Å². The lowest BCUT2D eigenvalue weighted by Crippen LogP contribution is -2.26. The maximum Gasteiger partial charge on any atom is 0.331 e. The van der Waals surface area contributed by atoms with E-state index in [1.165, 1.54) is 0 Å². The molecule has 0 saturated heterocycles. The van der Waals surface area contributed by atoms with Crippen LogP contribution in [0.25, 0.3) is 0 Å². The average Bonchev–Trinajstić information content (AvgIpc) is 2.27. The summed E-state index contributed by atoms with van der Waals surface area (Å²) < 4.78 is 10.2. The van der Waals surface area contributed by atoms with Crippen molar-refractivity contribution in [3.8, 4) is 0 Å². The Morgan fingerprint density at radius 2 is 1.58 bits per heavy atom. The molecule has 1 aliphatic carbocycles. The number of carbonyl (C=O) groups is 2. The molecule has 5 heteroatoms. The first-order valence-corrected chi connectivity index (χ1v) is 6.56. The third-order valence-corrected chi connectivity index (χ3v) is 2.69. The van der Waals surface area contributed by atoms with E-state index in [1.807, 2.05) is 0 Å². The Balaban J connectivity index is 2.32. The summed E-state index contributed by atoms with van der Waals surface area (Å²) in [6.07, 6.45) is 4.32. The van der Waals surface area contributed by atoms with Gasteiger partial charge in [-0.1, -0.05) is 0 Å². The SMILES string of the molecule is CC(C)(C)OC(=O)/C=C/C(=O)OC1CCC(O)CC1. The number of ether oxygens (including phenoxy) is 2. The van der Waals surface area contributed by atoms with Gasteiger partial charge in [-0.3, -0.25) is 0 Å². The molecule has 19 heavy (non-hydrogen) atoms. The summed E-state index contributed by atoms with van der Waals surface area (Å²) in [7, 11) is 0. The fourth-order valence-electron chi connectivity index (χ4n) is 1.84. The van der Waals surface area contributed by atoms with Gasteiger partial charge in [-0.2, -0.15) is 0 Å². The Morgan fingerprint density at radius 1 is 1.05 bits per heavy atom. The zero-order valence-electron chi connectivity index (χ0n) is 11.7. The normalized spacial score (nSPS) is 24.2.